The fourth-order valence-corrected chi connectivity index (χ4v) is 4.07. The molecule has 23 heavy (non-hydrogen) atoms. The highest BCUT2D eigenvalue weighted by Gasteiger charge is 2.44. The van der Waals surface area contributed by atoms with Crippen LogP contribution in [0.3, 0.4) is 0 Å². The topological polar surface area (TPSA) is 108 Å². The van der Waals surface area contributed by atoms with Crippen molar-refractivity contribution in [1.29, 1.82) is 5.26 Å². The number of nitriles is 1. The van der Waals surface area contributed by atoms with Gasteiger partial charge in [-0.2, -0.15) is 9.57 Å². The Morgan fingerprint density at radius 1 is 1.57 bits per heavy atom. The Bertz CT molecular complexity index is 774. The number of benzene rings is 1. The summed E-state index contributed by atoms with van der Waals surface area (Å²) in [5, 5.41) is 17.6. The number of nitrogens with zero attached hydrogens (tertiary/aromatic N) is 2. The molecule has 1 aliphatic rings. The molecule has 1 fully saturated rings. The number of hydrogen-bond acceptors (Lipinski definition) is 5. The summed E-state index contributed by atoms with van der Waals surface area (Å²) in [5.74, 6) is -1.07. The number of ether oxygens (including phenoxy) is 1. The van der Waals surface area contributed by atoms with Crippen molar-refractivity contribution >= 4 is 16.0 Å². The molecule has 0 saturated carbocycles. The number of carbonyl (C=O) groups is 1. The zero-order valence-electron chi connectivity index (χ0n) is 12.3. The Kier molecular flexibility index (Phi) is 4.58. The van der Waals surface area contributed by atoms with E-state index in [4.69, 9.17) is 15.1 Å². The van der Waals surface area contributed by atoms with Crippen LogP contribution in [-0.2, 0) is 21.2 Å². The van der Waals surface area contributed by atoms with Gasteiger partial charge in [-0.15, -0.1) is 0 Å². The first-order valence-electron chi connectivity index (χ1n) is 6.71. The molecule has 1 N–H and O–H groups in total. The molecule has 0 aromatic heterocycles. The fourth-order valence-electron chi connectivity index (χ4n) is 2.38. The Balaban J connectivity index is 2.43. The van der Waals surface area contributed by atoms with Crippen molar-refractivity contribution in [3.05, 3.63) is 23.8 Å². The minimum atomic E-state index is -4.10. The van der Waals surface area contributed by atoms with Gasteiger partial charge in [0, 0.05) is 13.0 Å². The van der Waals surface area contributed by atoms with Crippen molar-refractivity contribution in [3.63, 3.8) is 0 Å². The predicted octanol–water partition coefficient (Wildman–Crippen LogP) is 0.949. The maximum Gasteiger partial charge on any atom is 0.307 e. The highest BCUT2D eigenvalue weighted by molar-refractivity contribution is 7.89. The molecule has 1 aromatic carbocycles. The van der Waals surface area contributed by atoms with Gasteiger partial charge in [-0.3, -0.25) is 4.79 Å². The molecular weight excluding hydrogens is 327 g/mol. The van der Waals surface area contributed by atoms with E-state index >= 15 is 0 Å². The number of alkyl halides is 1. The maximum atomic E-state index is 14.0. The van der Waals surface area contributed by atoms with Crippen molar-refractivity contribution in [2.45, 2.75) is 23.4 Å². The summed E-state index contributed by atoms with van der Waals surface area (Å²) in [4.78, 5) is 10.6. The van der Waals surface area contributed by atoms with Crippen LogP contribution in [0.4, 0.5) is 4.39 Å². The smallest absolute Gasteiger partial charge is 0.307 e. The van der Waals surface area contributed by atoms with Crippen molar-refractivity contribution in [2.75, 3.05) is 20.2 Å². The van der Waals surface area contributed by atoms with Gasteiger partial charge in [0.15, 0.2) is 0 Å². The van der Waals surface area contributed by atoms with Crippen LogP contribution in [0.25, 0.3) is 0 Å². The third kappa shape index (κ3) is 3.43. The van der Waals surface area contributed by atoms with Crippen LogP contribution in [0.15, 0.2) is 23.1 Å². The molecule has 0 aliphatic carbocycles. The van der Waals surface area contributed by atoms with Gasteiger partial charge in [0.05, 0.1) is 20.1 Å². The molecule has 9 heteroatoms. The van der Waals surface area contributed by atoms with E-state index in [1.807, 2.05) is 0 Å². The first kappa shape index (κ1) is 17.2. The maximum absolute atomic E-state index is 14.0. The van der Waals surface area contributed by atoms with Gasteiger partial charge in [0.1, 0.15) is 16.7 Å². The number of methoxy groups -OCH3 is 1. The number of carboxylic acids is 1. The Morgan fingerprint density at radius 2 is 2.26 bits per heavy atom. The van der Waals surface area contributed by atoms with E-state index < -0.39 is 28.2 Å². The monoisotopic (exact) mass is 342 g/mol. The molecule has 1 aliphatic heterocycles. The molecule has 1 unspecified atom stereocenters. The Labute approximate surface area is 132 Å². The molecule has 124 valence electrons. The number of carboxylic acid groups (broad SMARTS) is 1. The Morgan fingerprint density at radius 3 is 2.78 bits per heavy atom. The summed E-state index contributed by atoms with van der Waals surface area (Å²) in [7, 11) is -2.81. The van der Waals surface area contributed by atoms with Crippen LogP contribution in [0.5, 0.6) is 5.75 Å². The van der Waals surface area contributed by atoms with Gasteiger partial charge < -0.3 is 9.84 Å². The molecule has 0 radical (unpaired) electrons. The average molecular weight is 342 g/mol. The summed E-state index contributed by atoms with van der Waals surface area (Å²) in [6.07, 6.45) is -0.558. The fraction of sp³-hybridized carbons (Fsp3) is 0.429. The lowest BCUT2D eigenvalue weighted by Gasteiger charge is -2.19. The lowest BCUT2D eigenvalue weighted by atomic mass is 10.1. The lowest BCUT2D eigenvalue weighted by molar-refractivity contribution is -0.136. The Hall–Kier alpha value is -2.18. The van der Waals surface area contributed by atoms with Crippen molar-refractivity contribution in [3.8, 4) is 11.8 Å². The normalized spacial score (nSPS) is 21.8. The van der Waals surface area contributed by atoms with Gasteiger partial charge in [0.25, 0.3) is 0 Å². The van der Waals surface area contributed by atoms with Crippen LogP contribution >= 0.6 is 0 Å². The van der Waals surface area contributed by atoms with Gasteiger partial charge in [-0.05, 0) is 17.7 Å². The highest BCUT2D eigenvalue weighted by atomic mass is 32.2. The van der Waals surface area contributed by atoms with E-state index in [2.05, 4.69) is 0 Å². The molecule has 1 saturated heterocycles. The summed E-state index contributed by atoms with van der Waals surface area (Å²) in [5.41, 5.74) is -1.93. The molecule has 1 aromatic rings. The standard InChI is InChI=1S/C14H15FN2O5S/c1-22-11-3-2-10(7-13(18)19)6-12(11)23(20,21)17-5-4-14(15,8-16)9-17/h2-3,6H,4-5,7,9H2,1H3,(H,18,19). The second-order valence-corrected chi connectivity index (χ2v) is 7.13. The van der Waals surface area contributed by atoms with Crippen LogP contribution in [0.1, 0.15) is 12.0 Å². The summed E-state index contributed by atoms with van der Waals surface area (Å²) in [6, 6.07) is 5.48. The van der Waals surface area contributed by atoms with Crippen LogP contribution < -0.4 is 4.74 Å². The van der Waals surface area contributed by atoms with Crippen LogP contribution in [0, 0.1) is 11.3 Å². The molecule has 0 spiro atoms. The molecule has 1 atom stereocenters. The first-order valence-corrected chi connectivity index (χ1v) is 8.15. The predicted molar refractivity (Wildman–Crippen MR) is 77.2 cm³/mol. The average Bonchev–Trinajstić information content (AvgIpc) is 2.90. The zero-order valence-corrected chi connectivity index (χ0v) is 13.1. The SMILES string of the molecule is COc1ccc(CC(=O)O)cc1S(=O)(=O)N1CCC(F)(C#N)C1. The number of rotatable bonds is 5. The van der Waals surface area contributed by atoms with Gasteiger partial charge in [-0.1, -0.05) is 6.07 Å². The quantitative estimate of drug-likeness (QED) is 0.853. The molecule has 1 heterocycles. The van der Waals surface area contributed by atoms with E-state index in [-0.39, 0.29) is 35.6 Å². The molecular formula is C14H15FN2O5S. The largest absolute Gasteiger partial charge is 0.495 e. The third-order valence-corrected chi connectivity index (χ3v) is 5.45. The van der Waals surface area contributed by atoms with Crippen LogP contribution in [-0.4, -0.2) is 49.7 Å². The summed E-state index contributed by atoms with van der Waals surface area (Å²) < 4.78 is 45.2. The third-order valence-electron chi connectivity index (χ3n) is 3.59. The number of aliphatic carboxylic acids is 1. The van der Waals surface area contributed by atoms with Gasteiger partial charge in [-0.25, -0.2) is 12.8 Å². The molecule has 0 amide bonds. The summed E-state index contributed by atoms with van der Waals surface area (Å²) >= 11 is 0. The van der Waals surface area contributed by atoms with Crippen molar-refractivity contribution in [2.24, 2.45) is 0 Å². The van der Waals surface area contributed by atoms with E-state index in [1.165, 1.54) is 31.4 Å². The molecule has 0 bridgehead atoms. The number of sulfonamides is 1. The molecule has 7 nitrogen and oxygen atoms in total. The van der Waals surface area contributed by atoms with E-state index in [9.17, 15) is 17.6 Å². The van der Waals surface area contributed by atoms with Gasteiger partial charge >= 0.3 is 5.97 Å². The molecule has 2 rings (SSSR count). The lowest BCUT2D eigenvalue weighted by Crippen LogP contribution is -2.33. The van der Waals surface area contributed by atoms with E-state index in [0.717, 1.165) is 4.31 Å². The number of hydrogen-bond donors (Lipinski definition) is 1. The van der Waals surface area contributed by atoms with Crippen LogP contribution in [0.2, 0.25) is 0 Å². The van der Waals surface area contributed by atoms with Crippen molar-refractivity contribution < 1.29 is 27.4 Å². The summed E-state index contributed by atoms with van der Waals surface area (Å²) in [6.45, 7) is -0.684. The highest BCUT2D eigenvalue weighted by Crippen LogP contribution is 2.33. The van der Waals surface area contributed by atoms with E-state index in [1.54, 1.807) is 0 Å². The number of halogens is 1. The second-order valence-electron chi connectivity index (χ2n) is 5.22. The first-order chi connectivity index (χ1) is 10.7. The minimum Gasteiger partial charge on any atom is -0.495 e. The van der Waals surface area contributed by atoms with E-state index in [0.29, 0.717) is 0 Å². The van der Waals surface area contributed by atoms with Gasteiger partial charge in [0.2, 0.25) is 15.7 Å². The zero-order chi connectivity index (χ0) is 17.3. The minimum absolute atomic E-state index is 0.0347. The second kappa shape index (κ2) is 6.14. The van der Waals surface area contributed by atoms with Crippen molar-refractivity contribution in [1.82, 2.24) is 4.31 Å².